The Labute approximate surface area is 127 Å². The summed E-state index contributed by atoms with van der Waals surface area (Å²) in [6.45, 7) is 0.899. The summed E-state index contributed by atoms with van der Waals surface area (Å²) < 4.78 is 6.23. The Kier molecular flexibility index (Phi) is 3.58. The lowest BCUT2D eigenvalue weighted by atomic mass is 10.0. The summed E-state index contributed by atoms with van der Waals surface area (Å²) in [5, 5.41) is 4.57. The number of ketones is 1. The number of thiophene rings is 1. The molecule has 102 valence electrons. The second-order valence-corrected chi connectivity index (χ2v) is 6.01. The Morgan fingerprint density at radius 3 is 2.95 bits per heavy atom. The lowest BCUT2D eigenvalue weighted by Gasteiger charge is -2.07. The van der Waals surface area contributed by atoms with Gasteiger partial charge < -0.3 is 10.1 Å². The second kappa shape index (κ2) is 5.38. The van der Waals surface area contributed by atoms with Crippen LogP contribution in [0.5, 0.6) is 5.75 Å². The Balaban J connectivity index is 2.02. The zero-order valence-corrected chi connectivity index (χ0v) is 12.7. The van der Waals surface area contributed by atoms with E-state index in [1.54, 1.807) is 18.2 Å². The van der Waals surface area contributed by atoms with Gasteiger partial charge in [0.15, 0.2) is 0 Å². The molecule has 6 heteroatoms. The maximum Gasteiger partial charge on any atom is 0.255 e. The average molecular weight is 352 g/mol. The van der Waals surface area contributed by atoms with Gasteiger partial charge in [-0.25, -0.2) is 0 Å². The number of ether oxygens (including phenoxy) is 1. The second-order valence-electron chi connectivity index (χ2n) is 4.24. The van der Waals surface area contributed by atoms with Gasteiger partial charge in [-0.3, -0.25) is 9.59 Å². The van der Waals surface area contributed by atoms with Gasteiger partial charge in [0.2, 0.25) is 5.78 Å². The summed E-state index contributed by atoms with van der Waals surface area (Å²) in [4.78, 5) is 25.0. The van der Waals surface area contributed by atoms with Gasteiger partial charge in [-0.1, -0.05) is 0 Å². The molecule has 0 saturated heterocycles. The van der Waals surface area contributed by atoms with Crippen LogP contribution in [0, 0.1) is 0 Å². The molecule has 3 rings (SSSR count). The van der Waals surface area contributed by atoms with Crippen LogP contribution in [-0.2, 0) is 0 Å². The van der Waals surface area contributed by atoms with Gasteiger partial charge in [0.25, 0.3) is 5.91 Å². The van der Waals surface area contributed by atoms with Gasteiger partial charge in [-0.15, -0.1) is 11.3 Å². The number of amides is 1. The third-order valence-electron chi connectivity index (χ3n) is 2.95. The number of hydrogen-bond acceptors (Lipinski definition) is 4. The SMILES string of the molecule is O=C1NCCOc2ccc(C(=O)c3sccc3Br)cc21. The van der Waals surface area contributed by atoms with E-state index in [1.165, 1.54) is 11.3 Å². The van der Waals surface area contributed by atoms with Gasteiger partial charge >= 0.3 is 0 Å². The summed E-state index contributed by atoms with van der Waals surface area (Å²) in [6.07, 6.45) is 0. The summed E-state index contributed by atoms with van der Waals surface area (Å²) in [5.74, 6) is 0.200. The fourth-order valence-corrected chi connectivity index (χ4v) is 3.50. The van der Waals surface area contributed by atoms with Crippen molar-refractivity contribution in [1.29, 1.82) is 0 Å². The molecule has 0 unspecified atom stereocenters. The molecule has 4 nitrogen and oxygen atoms in total. The van der Waals surface area contributed by atoms with E-state index in [-0.39, 0.29) is 11.7 Å². The van der Waals surface area contributed by atoms with E-state index in [0.717, 1.165) is 4.47 Å². The average Bonchev–Trinajstić information content (AvgIpc) is 2.79. The minimum Gasteiger partial charge on any atom is -0.491 e. The predicted octanol–water partition coefficient (Wildman–Crippen LogP) is 2.86. The molecule has 1 aromatic carbocycles. The summed E-state index contributed by atoms with van der Waals surface area (Å²) in [5.41, 5.74) is 0.883. The van der Waals surface area contributed by atoms with Gasteiger partial charge in [0.1, 0.15) is 12.4 Å². The number of halogens is 1. The minimum atomic E-state index is -0.211. The number of benzene rings is 1. The molecule has 0 radical (unpaired) electrons. The first-order valence-corrected chi connectivity index (χ1v) is 7.67. The van der Waals surface area contributed by atoms with Crippen molar-refractivity contribution >= 4 is 39.0 Å². The molecule has 1 aliphatic heterocycles. The molecule has 1 aromatic heterocycles. The number of carbonyl (C=O) groups is 2. The van der Waals surface area contributed by atoms with E-state index in [1.807, 2.05) is 11.4 Å². The van der Waals surface area contributed by atoms with Crippen LogP contribution in [-0.4, -0.2) is 24.8 Å². The zero-order valence-electron chi connectivity index (χ0n) is 10.3. The minimum absolute atomic E-state index is 0.105. The quantitative estimate of drug-likeness (QED) is 0.846. The molecular formula is C14H10BrNO3S. The van der Waals surface area contributed by atoms with Crippen LogP contribution >= 0.6 is 27.3 Å². The number of carbonyl (C=O) groups excluding carboxylic acids is 2. The van der Waals surface area contributed by atoms with Crippen LogP contribution in [0.3, 0.4) is 0 Å². The van der Waals surface area contributed by atoms with E-state index in [2.05, 4.69) is 21.2 Å². The van der Waals surface area contributed by atoms with Crippen LogP contribution in [0.15, 0.2) is 34.1 Å². The van der Waals surface area contributed by atoms with Gasteiger partial charge in [-0.05, 0) is 45.6 Å². The van der Waals surface area contributed by atoms with Crippen molar-refractivity contribution < 1.29 is 14.3 Å². The van der Waals surface area contributed by atoms with Gasteiger partial charge in [0.05, 0.1) is 17.0 Å². The molecule has 0 bridgehead atoms. The Morgan fingerprint density at radius 2 is 2.20 bits per heavy atom. The molecule has 0 spiro atoms. The molecule has 0 aliphatic carbocycles. The molecular weight excluding hydrogens is 342 g/mol. The lowest BCUT2D eigenvalue weighted by molar-refractivity contribution is 0.0957. The van der Waals surface area contributed by atoms with Crippen molar-refractivity contribution in [3.8, 4) is 5.75 Å². The molecule has 1 aliphatic rings. The van der Waals surface area contributed by atoms with Crippen molar-refractivity contribution in [2.24, 2.45) is 0 Å². The standard InChI is InChI=1S/C14H10BrNO3S/c15-10-3-6-20-13(10)12(17)8-1-2-11-9(7-8)14(18)16-4-5-19-11/h1-3,6-7H,4-5H2,(H,16,18). The first kappa shape index (κ1) is 13.3. The highest BCUT2D eigenvalue weighted by Crippen LogP contribution is 2.28. The monoisotopic (exact) mass is 351 g/mol. The first-order valence-electron chi connectivity index (χ1n) is 5.99. The zero-order chi connectivity index (χ0) is 14.1. The maximum absolute atomic E-state index is 12.4. The van der Waals surface area contributed by atoms with E-state index in [9.17, 15) is 9.59 Å². The van der Waals surface area contributed by atoms with Gasteiger partial charge in [-0.2, -0.15) is 0 Å². The van der Waals surface area contributed by atoms with Crippen molar-refractivity contribution in [2.75, 3.05) is 13.2 Å². The molecule has 2 heterocycles. The topological polar surface area (TPSA) is 55.4 Å². The highest BCUT2D eigenvalue weighted by molar-refractivity contribution is 9.10. The smallest absolute Gasteiger partial charge is 0.255 e. The Hall–Kier alpha value is -1.66. The van der Waals surface area contributed by atoms with Crippen LogP contribution in [0.2, 0.25) is 0 Å². The predicted molar refractivity (Wildman–Crippen MR) is 79.7 cm³/mol. The third-order valence-corrected chi connectivity index (χ3v) is 4.79. The maximum atomic E-state index is 12.4. The highest BCUT2D eigenvalue weighted by Gasteiger charge is 2.20. The normalized spacial score (nSPS) is 13.9. The number of hydrogen-bond donors (Lipinski definition) is 1. The highest BCUT2D eigenvalue weighted by atomic mass is 79.9. The largest absolute Gasteiger partial charge is 0.491 e. The van der Waals surface area contributed by atoms with Crippen LogP contribution in [0.25, 0.3) is 0 Å². The summed E-state index contributed by atoms with van der Waals surface area (Å²) in [6, 6.07) is 6.78. The molecule has 0 fully saturated rings. The van der Waals surface area contributed by atoms with E-state index >= 15 is 0 Å². The molecule has 0 saturated carbocycles. The third kappa shape index (κ3) is 2.36. The lowest BCUT2D eigenvalue weighted by Crippen LogP contribution is -2.24. The van der Waals surface area contributed by atoms with E-state index < -0.39 is 0 Å². The molecule has 1 amide bonds. The van der Waals surface area contributed by atoms with Crippen molar-refractivity contribution in [3.05, 3.63) is 50.1 Å². The van der Waals surface area contributed by atoms with Crippen molar-refractivity contribution in [2.45, 2.75) is 0 Å². The Bertz CT molecular complexity index is 695. The van der Waals surface area contributed by atoms with E-state index in [4.69, 9.17) is 4.74 Å². The van der Waals surface area contributed by atoms with Gasteiger partial charge in [0, 0.05) is 10.0 Å². The molecule has 1 N–H and O–H groups in total. The molecule has 20 heavy (non-hydrogen) atoms. The number of rotatable bonds is 2. The van der Waals surface area contributed by atoms with Crippen molar-refractivity contribution in [3.63, 3.8) is 0 Å². The Morgan fingerprint density at radius 1 is 1.35 bits per heavy atom. The summed E-state index contributed by atoms with van der Waals surface area (Å²) >= 11 is 4.72. The van der Waals surface area contributed by atoms with Crippen LogP contribution in [0.1, 0.15) is 25.6 Å². The van der Waals surface area contributed by atoms with Crippen LogP contribution in [0.4, 0.5) is 0 Å². The summed E-state index contributed by atoms with van der Waals surface area (Å²) in [7, 11) is 0. The number of nitrogens with one attached hydrogen (secondary N) is 1. The van der Waals surface area contributed by atoms with Crippen LogP contribution < -0.4 is 10.1 Å². The van der Waals surface area contributed by atoms with E-state index in [0.29, 0.717) is 34.9 Å². The first-order chi connectivity index (χ1) is 9.66. The van der Waals surface area contributed by atoms with Crippen molar-refractivity contribution in [1.82, 2.24) is 5.32 Å². The fraction of sp³-hybridized carbons (Fsp3) is 0.143. The fourth-order valence-electron chi connectivity index (χ4n) is 1.98. The molecule has 0 atom stereocenters. The number of fused-ring (bicyclic) bond motifs is 1. The molecule has 2 aromatic rings.